The lowest BCUT2D eigenvalue weighted by atomic mass is 10.0. The van der Waals surface area contributed by atoms with E-state index in [0.717, 1.165) is 12.8 Å². The SMILES string of the molecule is CC(C)C(=O)NC1CCN(CC(=O)NCc2ccccc2OC(F)(F)F)CC1. The standard InChI is InChI=1S/C19H26F3N3O3/c1-13(2)18(27)24-15-7-9-25(10-8-15)12-17(26)23-11-14-5-3-4-6-16(14)28-19(20,21)22/h3-6,13,15H,7-12H2,1-2H3,(H,23,26)(H,24,27). The lowest BCUT2D eigenvalue weighted by Crippen LogP contribution is -2.48. The van der Waals surface area contributed by atoms with Gasteiger partial charge in [-0.2, -0.15) is 0 Å². The van der Waals surface area contributed by atoms with Crippen molar-refractivity contribution in [3.63, 3.8) is 0 Å². The number of carbonyl (C=O) groups excluding carboxylic acids is 2. The van der Waals surface area contributed by atoms with Gasteiger partial charge in [-0.25, -0.2) is 0 Å². The van der Waals surface area contributed by atoms with E-state index in [0.29, 0.717) is 13.1 Å². The Morgan fingerprint density at radius 1 is 1.21 bits per heavy atom. The first-order chi connectivity index (χ1) is 13.1. The minimum atomic E-state index is -4.78. The van der Waals surface area contributed by atoms with Crippen LogP contribution in [0.3, 0.4) is 0 Å². The predicted molar refractivity (Wildman–Crippen MR) is 97.4 cm³/mol. The number of amides is 2. The summed E-state index contributed by atoms with van der Waals surface area (Å²) in [5.74, 6) is -0.632. The number of nitrogens with one attached hydrogen (secondary N) is 2. The van der Waals surface area contributed by atoms with Crippen LogP contribution in [0.1, 0.15) is 32.3 Å². The molecule has 1 aromatic rings. The van der Waals surface area contributed by atoms with E-state index in [1.807, 2.05) is 18.7 Å². The van der Waals surface area contributed by atoms with Crippen LogP contribution in [0, 0.1) is 5.92 Å². The molecule has 0 spiro atoms. The summed E-state index contributed by atoms with van der Waals surface area (Å²) in [4.78, 5) is 25.8. The van der Waals surface area contributed by atoms with Gasteiger partial charge in [0.15, 0.2) is 0 Å². The summed E-state index contributed by atoms with van der Waals surface area (Å²) in [6.07, 6.45) is -3.27. The van der Waals surface area contributed by atoms with E-state index in [-0.39, 0.29) is 48.2 Å². The largest absolute Gasteiger partial charge is 0.573 e. The zero-order chi connectivity index (χ0) is 20.7. The fourth-order valence-electron chi connectivity index (χ4n) is 2.93. The van der Waals surface area contributed by atoms with E-state index in [4.69, 9.17) is 0 Å². The molecule has 9 heteroatoms. The van der Waals surface area contributed by atoms with Gasteiger partial charge in [-0.1, -0.05) is 32.0 Å². The molecule has 6 nitrogen and oxygen atoms in total. The highest BCUT2D eigenvalue weighted by Gasteiger charge is 2.32. The number of likely N-dealkylation sites (tertiary alicyclic amines) is 1. The fraction of sp³-hybridized carbons (Fsp3) is 0.579. The summed E-state index contributed by atoms with van der Waals surface area (Å²) in [6.45, 7) is 5.13. The van der Waals surface area contributed by atoms with Crippen molar-refractivity contribution < 1.29 is 27.5 Å². The number of alkyl halides is 3. The minimum absolute atomic E-state index is 0.0240. The second-order valence-electron chi connectivity index (χ2n) is 7.15. The van der Waals surface area contributed by atoms with Crippen LogP contribution in [-0.4, -0.2) is 48.8 Å². The molecular formula is C19H26F3N3O3. The number of benzene rings is 1. The first-order valence-corrected chi connectivity index (χ1v) is 9.27. The summed E-state index contributed by atoms with van der Waals surface area (Å²) >= 11 is 0. The smallest absolute Gasteiger partial charge is 0.405 e. The quantitative estimate of drug-likeness (QED) is 0.736. The highest BCUT2D eigenvalue weighted by molar-refractivity contribution is 5.78. The second kappa shape index (κ2) is 9.77. The molecule has 1 fully saturated rings. The number of ether oxygens (including phenoxy) is 1. The highest BCUT2D eigenvalue weighted by Crippen LogP contribution is 2.26. The van der Waals surface area contributed by atoms with Crippen LogP contribution in [0.25, 0.3) is 0 Å². The van der Waals surface area contributed by atoms with Gasteiger partial charge in [0.25, 0.3) is 0 Å². The molecule has 0 aliphatic carbocycles. The van der Waals surface area contributed by atoms with Crippen molar-refractivity contribution in [3.8, 4) is 5.75 Å². The third kappa shape index (κ3) is 7.38. The Balaban J connectivity index is 1.76. The highest BCUT2D eigenvalue weighted by atomic mass is 19.4. The van der Waals surface area contributed by atoms with E-state index < -0.39 is 6.36 Å². The van der Waals surface area contributed by atoms with Crippen molar-refractivity contribution in [2.75, 3.05) is 19.6 Å². The van der Waals surface area contributed by atoms with Crippen LogP contribution in [0.5, 0.6) is 5.75 Å². The molecule has 1 aliphatic heterocycles. The molecule has 0 aromatic heterocycles. The van der Waals surface area contributed by atoms with Gasteiger partial charge >= 0.3 is 6.36 Å². The monoisotopic (exact) mass is 401 g/mol. The van der Waals surface area contributed by atoms with Crippen molar-refractivity contribution in [2.24, 2.45) is 5.92 Å². The average Bonchev–Trinajstić information content (AvgIpc) is 2.61. The topological polar surface area (TPSA) is 70.7 Å². The zero-order valence-electron chi connectivity index (χ0n) is 16.0. The van der Waals surface area contributed by atoms with Crippen LogP contribution in [-0.2, 0) is 16.1 Å². The first kappa shape index (κ1) is 22.0. The molecule has 2 N–H and O–H groups in total. The molecule has 0 radical (unpaired) electrons. The van der Waals surface area contributed by atoms with Gasteiger partial charge in [0, 0.05) is 37.2 Å². The number of nitrogens with zero attached hydrogens (tertiary/aromatic N) is 1. The normalized spacial score (nSPS) is 16.1. The maximum absolute atomic E-state index is 12.4. The van der Waals surface area contributed by atoms with Crippen molar-refractivity contribution in [1.82, 2.24) is 15.5 Å². The van der Waals surface area contributed by atoms with Gasteiger partial charge in [-0.3, -0.25) is 14.5 Å². The third-order valence-electron chi connectivity index (χ3n) is 4.50. The Morgan fingerprint density at radius 3 is 2.46 bits per heavy atom. The number of halogens is 3. The molecule has 0 saturated carbocycles. The minimum Gasteiger partial charge on any atom is -0.405 e. The summed E-state index contributed by atoms with van der Waals surface area (Å²) in [6, 6.07) is 5.82. The first-order valence-electron chi connectivity index (χ1n) is 9.27. The molecule has 1 heterocycles. The van der Waals surface area contributed by atoms with Gasteiger partial charge in [0.05, 0.1) is 6.54 Å². The van der Waals surface area contributed by atoms with Gasteiger partial charge < -0.3 is 15.4 Å². The lowest BCUT2D eigenvalue weighted by Gasteiger charge is -2.32. The Labute approximate surface area is 162 Å². The van der Waals surface area contributed by atoms with Crippen LogP contribution < -0.4 is 15.4 Å². The average molecular weight is 401 g/mol. The number of hydrogen-bond donors (Lipinski definition) is 2. The van der Waals surface area contributed by atoms with E-state index in [9.17, 15) is 22.8 Å². The van der Waals surface area contributed by atoms with Crippen LogP contribution in [0.4, 0.5) is 13.2 Å². The predicted octanol–water partition coefficient (Wildman–Crippen LogP) is 2.44. The lowest BCUT2D eigenvalue weighted by molar-refractivity contribution is -0.274. The molecular weight excluding hydrogens is 375 g/mol. The summed E-state index contributed by atoms with van der Waals surface area (Å²) in [5.41, 5.74) is 0.253. The zero-order valence-corrected chi connectivity index (χ0v) is 16.0. The van der Waals surface area contributed by atoms with Crippen LogP contribution >= 0.6 is 0 Å². The number of para-hydroxylation sites is 1. The fourth-order valence-corrected chi connectivity index (χ4v) is 2.93. The molecule has 0 bridgehead atoms. The molecule has 1 aliphatic rings. The molecule has 2 amide bonds. The van der Waals surface area contributed by atoms with Gasteiger partial charge in [-0.15, -0.1) is 13.2 Å². The van der Waals surface area contributed by atoms with E-state index in [2.05, 4.69) is 15.4 Å². The van der Waals surface area contributed by atoms with Crippen molar-refractivity contribution >= 4 is 11.8 Å². The van der Waals surface area contributed by atoms with E-state index >= 15 is 0 Å². The molecule has 28 heavy (non-hydrogen) atoms. The maximum atomic E-state index is 12.4. The summed E-state index contributed by atoms with van der Waals surface area (Å²) in [5, 5.41) is 5.62. The summed E-state index contributed by atoms with van der Waals surface area (Å²) in [7, 11) is 0. The molecule has 2 rings (SSSR count). The molecule has 1 aromatic carbocycles. The number of rotatable bonds is 7. The summed E-state index contributed by atoms with van der Waals surface area (Å²) < 4.78 is 41.3. The van der Waals surface area contributed by atoms with Gasteiger partial charge in [0.2, 0.25) is 11.8 Å². The number of carbonyl (C=O) groups is 2. The van der Waals surface area contributed by atoms with Gasteiger partial charge in [0.1, 0.15) is 5.75 Å². The van der Waals surface area contributed by atoms with Crippen molar-refractivity contribution in [3.05, 3.63) is 29.8 Å². The van der Waals surface area contributed by atoms with Crippen molar-refractivity contribution in [1.29, 1.82) is 0 Å². The number of hydrogen-bond acceptors (Lipinski definition) is 4. The Bertz CT molecular complexity index is 672. The Hall–Kier alpha value is -2.29. The third-order valence-corrected chi connectivity index (χ3v) is 4.50. The maximum Gasteiger partial charge on any atom is 0.573 e. The number of piperidine rings is 1. The molecule has 1 saturated heterocycles. The Morgan fingerprint density at radius 2 is 1.86 bits per heavy atom. The molecule has 0 unspecified atom stereocenters. The Kier molecular flexibility index (Phi) is 7.68. The van der Waals surface area contributed by atoms with E-state index in [1.54, 1.807) is 6.07 Å². The molecule has 0 atom stereocenters. The van der Waals surface area contributed by atoms with Crippen molar-refractivity contribution in [2.45, 2.75) is 45.6 Å². The van der Waals surface area contributed by atoms with Crippen LogP contribution in [0.15, 0.2) is 24.3 Å². The van der Waals surface area contributed by atoms with Crippen LogP contribution in [0.2, 0.25) is 0 Å². The second-order valence-corrected chi connectivity index (χ2v) is 7.15. The molecule has 156 valence electrons. The van der Waals surface area contributed by atoms with E-state index in [1.165, 1.54) is 18.2 Å². The van der Waals surface area contributed by atoms with Gasteiger partial charge in [-0.05, 0) is 18.9 Å².